The SMILES string of the molecule is O=C(O)C1CCN(C(=O)Nc2cc(C3CC3)nn2-c2ccccc2)C1. The Labute approximate surface area is 145 Å². The maximum Gasteiger partial charge on any atom is 0.323 e. The number of para-hydroxylation sites is 1. The zero-order valence-corrected chi connectivity index (χ0v) is 13.8. The summed E-state index contributed by atoms with van der Waals surface area (Å²) in [7, 11) is 0. The number of hydrogen-bond acceptors (Lipinski definition) is 3. The summed E-state index contributed by atoms with van der Waals surface area (Å²) in [5, 5.41) is 16.7. The van der Waals surface area contributed by atoms with Crippen molar-refractivity contribution in [1.29, 1.82) is 0 Å². The zero-order chi connectivity index (χ0) is 17.4. The molecule has 130 valence electrons. The van der Waals surface area contributed by atoms with E-state index in [1.165, 1.54) is 0 Å². The summed E-state index contributed by atoms with van der Waals surface area (Å²) in [4.78, 5) is 25.2. The minimum Gasteiger partial charge on any atom is -0.481 e. The van der Waals surface area contributed by atoms with E-state index in [1.807, 2.05) is 36.4 Å². The van der Waals surface area contributed by atoms with E-state index in [0.717, 1.165) is 24.2 Å². The number of hydrogen-bond donors (Lipinski definition) is 2. The quantitative estimate of drug-likeness (QED) is 0.896. The number of rotatable bonds is 4. The van der Waals surface area contributed by atoms with Crippen LogP contribution in [-0.4, -0.2) is 44.9 Å². The van der Waals surface area contributed by atoms with Gasteiger partial charge in [0.25, 0.3) is 0 Å². The molecular formula is C18H20N4O3. The van der Waals surface area contributed by atoms with Gasteiger partial charge in [0, 0.05) is 25.1 Å². The maximum absolute atomic E-state index is 12.5. The number of anilines is 1. The number of carboxylic acid groups (broad SMARTS) is 1. The lowest BCUT2D eigenvalue weighted by Gasteiger charge is -2.17. The van der Waals surface area contributed by atoms with Crippen molar-refractivity contribution in [1.82, 2.24) is 14.7 Å². The molecule has 1 aromatic heterocycles. The van der Waals surface area contributed by atoms with Crippen LogP contribution in [0.5, 0.6) is 0 Å². The van der Waals surface area contributed by atoms with Gasteiger partial charge in [-0.05, 0) is 31.4 Å². The van der Waals surface area contributed by atoms with E-state index in [0.29, 0.717) is 24.7 Å². The standard InChI is InChI=1S/C18H20N4O3/c23-17(24)13-8-9-21(11-13)18(25)19-16-10-15(12-6-7-12)20-22(16)14-4-2-1-3-5-14/h1-5,10,12-13H,6-9,11H2,(H,19,25)(H,23,24). The first kappa shape index (κ1) is 15.7. The highest BCUT2D eigenvalue weighted by molar-refractivity contribution is 5.89. The molecule has 0 spiro atoms. The predicted octanol–water partition coefficient (Wildman–Crippen LogP) is 2.69. The first-order valence-corrected chi connectivity index (χ1v) is 8.56. The number of urea groups is 1. The highest BCUT2D eigenvalue weighted by atomic mass is 16.4. The second kappa shape index (κ2) is 6.23. The molecular weight excluding hydrogens is 320 g/mol. The van der Waals surface area contributed by atoms with E-state index in [2.05, 4.69) is 10.4 Å². The molecule has 1 atom stereocenters. The third-order valence-corrected chi connectivity index (χ3v) is 4.78. The van der Waals surface area contributed by atoms with E-state index in [1.54, 1.807) is 9.58 Å². The van der Waals surface area contributed by atoms with Crippen molar-refractivity contribution >= 4 is 17.8 Å². The Kier molecular flexibility index (Phi) is 3.91. The van der Waals surface area contributed by atoms with Crippen LogP contribution in [0, 0.1) is 5.92 Å². The molecule has 1 unspecified atom stereocenters. The van der Waals surface area contributed by atoms with Gasteiger partial charge in [0.1, 0.15) is 5.82 Å². The summed E-state index contributed by atoms with van der Waals surface area (Å²) >= 11 is 0. The summed E-state index contributed by atoms with van der Waals surface area (Å²) in [6.07, 6.45) is 2.76. The summed E-state index contributed by atoms with van der Waals surface area (Å²) in [5.41, 5.74) is 1.87. The van der Waals surface area contributed by atoms with E-state index >= 15 is 0 Å². The van der Waals surface area contributed by atoms with Gasteiger partial charge in [-0.2, -0.15) is 5.10 Å². The van der Waals surface area contributed by atoms with Crippen LogP contribution in [0.2, 0.25) is 0 Å². The first-order valence-electron chi connectivity index (χ1n) is 8.56. The van der Waals surface area contributed by atoms with Crippen LogP contribution in [0.15, 0.2) is 36.4 Å². The number of carbonyl (C=O) groups excluding carboxylic acids is 1. The van der Waals surface area contributed by atoms with Crippen LogP contribution in [0.4, 0.5) is 10.6 Å². The number of benzene rings is 1. The molecule has 25 heavy (non-hydrogen) atoms. The second-order valence-corrected chi connectivity index (χ2v) is 6.68. The number of carboxylic acids is 1. The Hall–Kier alpha value is -2.83. The van der Waals surface area contributed by atoms with Gasteiger partial charge in [0.15, 0.2) is 0 Å². The first-order chi connectivity index (χ1) is 12.1. The molecule has 4 rings (SSSR count). The summed E-state index contributed by atoms with van der Waals surface area (Å²) < 4.78 is 1.75. The Morgan fingerprint density at radius 3 is 2.56 bits per heavy atom. The minimum atomic E-state index is -0.847. The van der Waals surface area contributed by atoms with Gasteiger partial charge in [0.2, 0.25) is 0 Å². The van der Waals surface area contributed by atoms with Crippen LogP contribution < -0.4 is 5.32 Å². The molecule has 1 saturated carbocycles. The van der Waals surface area contributed by atoms with Crippen molar-refractivity contribution in [3.63, 3.8) is 0 Å². The number of nitrogens with one attached hydrogen (secondary N) is 1. The average Bonchev–Trinajstić information content (AvgIpc) is 3.19. The molecule has 2 aromatic rings. The topological polar surface area (TPSA) is 87.5 Å². The molecule has 2 fully saturated rings. The highest BCUT2D eigenvalue weighted by Crippen LogP contribution is 2.40. The molecule has 2 heterocycles. The molecule has 0 radical (unpaired) electrons. The van der Waals surface area contributed by atoms with Crippen molar-refractivity contribution in [3.8, 4) is 5.69 Å². The number of amides is 2. The van der Waals surface area contributed by atoms with Gasteiger partial charge in [-0.25, -0.2) is 9.48 Å². The van der Waals surface area contributed by atoms with E-state index in [9.17, 15) is 9.59 Å². The van der Waals surface area contributed by atoms with Crippen molar-refractivity contribution in [2.24, 2.45) is 5.92 Å². The minimum absolute atomic E-state index is 0.246. The van der Waals surface area contributed by atoms with Gasteiger partial charge in [-0.1, -0.05) is 18.2 Å². The van der Waals surface area contributed by atoms with Gasteiger partial charge in [0.05, 0.1) is 17.3 Å². The molecule has 2 N–H and O–H groups in total. The van der Waals surface area contributed by atoms with E-state index in [4.69, 9.17) is 5.11 Å². The summed E-state index contributed by atoms with van der Waals surface area (Å²) in [6.45, 7) is 0.702. The van der Waals surface area contributed by atoms with Gasteiger partial charge < -0.3 is 10.0 Å². The largest absolute Gasteiger partial charge is 0.481 e. The van der Waals surface area contributed by atoms with Crippen LogP contribution >= 0.6 is 0 Å². The van der Waals surface area contributed by atoms with E-state index in [-0.39, 0.29) is 12.6 Å². The van der Waals surface area contributed by atoms with Crippen LogP contribution in [0.25, 0.3) is 5.69 Å². The second-order valence-electron chi connectivity index (χ2n) is 6.68. The van der Waals surface area contributed by atoms with Gasteiger partial charge >= 0.3 is 12.0 Å². The highest BCUT2D eigenvalue weighted by Gasteiger charge is 2.32. The third kappa shape index (κ3) is 3.22. The van der Waals surface area contributed by atoms with Crippen molar-refractivity contribution < 1.29 is 14.7 Å². The molecule has 1 aliphatic heterocycles. The molecule has 2 aliphatic rings. The fraction of sp³-hybridized carbons (Fsp3) is 0.389. The lowest BCUT2D eigenvalue weighted by atomic mass is 10.1. The Balaban J connectivity index is 1.55. The smallest absolute Gasteiger partial charge is 0.323 e. The van der Waals surface area contributed by atoms with Crippen molar-refractivity contribution in [2.45, 2.75) is 25.2 Å². The van der Waals surface area contributed by atoms with Crippen molar-refractivity contribution in [3.05, 3.63) is 42.1 Å². The number of aromatic nitrogens is 2. The van der Waals surface area contributed by atoms with Crippen LogP contribution in [-0.2, 0) is 4.79 Å². The molecule has 1 aliphatic carbocycles. The average molecular weight is 340 g/mol. The number of aliphatic carboxylic acids is 1. The molecule has 0 bridgehead atoms. The zero-order valence-electron chi connectivity index (χ0n) is 13.8. The van der Waals surface area contributed by atoms with Crippen molar-refractivity contribution in [2.75, 3.05) is 18.4 Å². The monoisotopic (exact) mass is 340 g/mol. The summed E-state index contributed by atoms with van der Waals surface area (Å²) in [6, 6.07) is 11.3. The fourth-order valence-electron chi connectivity index (χ4n) is 3.17. The lowest BCUT2D eigenvalue weighted by Crippen LogP contribution is -2.34. The lowest BCUT2D eigenvalue weighted by molar-refractivity contribution is -0.141. The van der Waals surface area contributed by atoms with E-state index < -0.39 is 11.9 Å². The van der Waals surface area contributed by atoms with Crippen LogP contribution in [0.3, 0.4) is 0 Å². The Morgan fingerprint density at radius 1 is 1.16 bits per heavy atom. The van der Waals surface area contributed by atoms with Crippen LogP contribution in [0.1, 0.15) is 30.9 Å². The van der Waals surface area contributed by atoms with Gasteiger partial charge in [-0.3, -0.25) is 10.1 Å². The number of nitrogens with zero attached hydrogens (tertiary/aromatic N) is 3. The Bertz CT molecular complexity index is 798. The predicted molar refractivity (Wildman–Crippen MR) is 91.9 cm³/mol. The molecule has 7 nitrogen and oxygen atoms in total. The fourth-order valence-corrected chi connectivity index (χ4v) is 3.17. The molecule has 2 amide bonds. The number of likely N-dealkylation sites (tertiary alicyclic amines) is 1. The molecule has 7 heteroatoms. The third-order valence-electron chi connectivity index (χ3n) is 4.78. The maximum atomic E-state index is 12.5. The summed E-state index contributed by atoms with van der Waals surface area (Å²) in [5.74, 6) is -0.229. The Morgan fingerprint density at radius 2 is 1.92 bits per heavy atom. The molecule has 1 saturated heterocycles. The number of carbonyl (C=O) groups is 2. The normalized spacial score (nSPS) is 19.8. The molecule has 1 aromatic carbocycles. The van der Waals surface area contributed by atoms with Gasteiger partial charge in [-0.15, -0.1) is 0 Å².